The van der Waals surface area contributed by atoms with E-state index in [1.54, 1.807) is 0 Å². The van der Waals surface area contributed by atoms with Gasteiger partial charge in [-0.3, -0.25) is 9.69 Å². The van der Waals surface area contributed by atoms with Crippen molar-refractivity contribution >= 4 is 34.2 Å². The van der Waals surface area contributed by atoms with Gasteiger partial charge in [0.2, 0.25) is 5.91 Å². The molecule has 2 aliphatic rings. The fourth-order valence-corrected chi connectivity index (χ4v) is 4.22. The van der Waals surface area contributed by atoms with Crippen molar-refractivity contribution in [1.29, 1.82) is 0 Å². The molecule has 0 radical (unpaired) electrons. The van der Waals surface area contributed by atoms with E-state index in [0.29, 0.717) is 18.4 Å². The van der Waals surface area contributed by atoms with E-state index >= 15 is 0 Å². The first-order chi connectivity index (χ1) is 9.98. The minimum absolute atomic E-state index is 0.0834. The van der Waals surface area contributed by atoms with Crippen LogP contribution < -0.4 is 10.6 Å². The number of rotatable bonds is 3. The minimum Gasteiger partial charge on any atom is -0.324 e. The summed E-state index contributed by atoms with van der Waals surface area (Å²) in [5, 5.41) is 6.51. The molecule has 2 heterocycles. The maximum absolute atomic E-state index is 12.4. The second kappa shape index (κ2) is 5.85. The summed E-state index contributed by atoms with van der Waals surface area (Å²) in [5.41, 5.74) is 0.997. The van der Waals surface area contributed by atoms with E-state index < -0.39 is 0 Å². The molecule has 2 saturated heterocycles. The summed E-state index contributed by atoms with van der Waals surface area (Å²) in [6.07, 6.45) is 0. The number of anilines is 1. The zero-order chi connectivity index (χ0) is 15.0. The molecular weight excluding hydrogens is 377 g/mol. The normalized spacial score (nSPS) is 27.6. The molecule has 2 atom stereocenters. The van der Waals surface area contributed by atoms with Crippen LogP contribution >= 0.6 is 22.6 Å². The number of carbonyl (C=O) groups is 1. The number of hydrogen-bond donors (Lipinski definition) is 2. The molecule has 114 valence electrons. The Balaban J connectivity index is 1.64. The highest BCUT2D eigenvalue weighted by Gasteiger charge is 2.49. The van der Waals surface area contributed by atoms with Gasteiger partial charge in [-0.25, -0.2) is 0 Å². The second-order valence-corrected chi connectivity index (χ2v) is 7.75. The van der Waals surface area contributed by atoms with Crippen LogP contribution in [0, 0.1) is 15.4 Å². The number of carbonyl (C=O) groups excluding carboxylic acids is 1. The molecule has 0 bridgehead atoms. The lowest BCUT2D eigenvalue weighted by atomic mass is 9.85. The van der Waals surface area contributed by atoms with E-state index in [0.717, 1.165) is 28.9 Å². The summed E-state index contributed by atoms with van der Waals surface area (Å²) in [4.78, 5) is 14.7. The smallest absolute Gasteiger partial charge is 0.238 e. The van der Waals surface area contributed by atoms with Gasteiger partial charge in [-0.2, -0.15) is 0 Å². The Morgan fingerprint density at radius 1 is 1.43 bits per heavy atom. The summed E-state index contributed by atoms with van der Waals surface area (Å²) in [5.74, 6) is 1.42. The van der Waals surface area contributed by atoms with Crippen molar-refractivity contribution in [3.05, 3.63) is 27.8 Å². The molecular formula is C16H22IN3O. The van der Waals surface area contributed by atoms with Crippen LogP contribution in [0.25, 0.3) is 0 Å². The van der Waals surface area contributed by atoms with Gasteiger partial charge >= 0.3 is 0 Å². The second-order valence-electron chi connectivity index (χ2n) is 6.59. The van der Waals surface area contributed by atoms with Crippen LogP contribution in [0.3, 0.4) is 0 Å². The standard InChI is InChI=1S/C16H22IN3O/c1-16(2)12-8-18-7-11(12)9-20(16)10-15(21)19-14-6-4-3-5-13(14)17/h3-6,11-12,18H,7-10H2,1-2H3,(H,19,21). The lowest BCUT2D eigenvalue weighted by Crippen LogP contribution is -2.47. The summed E-state index contributed by atoms with van der Waals surface area (Å²) >= 11 is 2.25. The van der Waals surface area contributed by atoms with E-state index in [2.05, 4.69) is 52.0 Å². The fourth-order valence-electron chi connectivity index (χ4n) is 3.70. The molecule has 1 aromatic rings. The monoisotopic (exact) mass is 399 g/mol. The third kappa shape index (κ3) is 2.96. The minimum atomic E-state index is 0.0834. The predicted octanol–water partition coefficient (Wildman–Crippen LogP) is 2.16. The molecule has 1 aromatic carbocycles. The first kappa shape index (κ1) is 15.2. The van der Waals surface area contributed by atoms with Gasteiger partial charge in [0.05, 0.1) is 12.2 Å². The molecule has 0 spiro atoms. The number of nitrogens with zero attached hydrogens (tertiary/aromatic N) is 1. The molecule has 0 aromatic heterocycles. The lowest BCUT2D eigenvalue weighted by Gasteiger charge is -2.35. The van der Waals surface area contributed by atoms with Crippen molar-refractivity contribution in [2.75, 3.05) is 31.5 Å². The first-order valence-corrected chi connectivity index (χ1v) is 8.56. The van der Waals surface area contributed by atoms with Crippen LogP contribution in [0.1, 0.15) is 13.8 Å². The molecule has 0 aliphatic carbocycles. The molecule has 1 amide bonds. The van der Waals surface area contributed by atoms with Gasteiger partial charge in [-0.05, 0) is 67.0 Å². The van der Waals surface area contributed by atoms with E-state index in [9.17, 15) is 4.79 Å². The van der Waals surface area contributed by atoms with E-state index in [-0.39, 0.29) is 11.4 Å². The van der Waals surface area contributed by atoms with Gasteiger partial charge in [0, 0.05) is 22.2 Å². The number of benzene rings is 1. The molecule has 2 unspecified atom stereocenters. The zero-order valence-corrected chi connectivity index (χ0v) is 14.7. The summed E-state index contributed by atoms with van der Waals surface area (Å²) < 4.78 is 1.07. The Morgan fingerprint density at radius 2 is 2.19 bits per heavy atom. The molecule has 0 saturated carbocycles. The fraction of sp³-hybridized carbons (Fsp3) is 0.562. The number of para-hydroxylation sites is 1. The van der Waals surface area contributed by atoms with Crippen LogP contribution in [0.2, 0.25) is 0 Å². The molecule has 21 heavy (non-hydrogen) atoms. The van der Waals surface area contributed by atoms with Gasteiger partial charge in [-0.15, -0.1) is 0 Å². The molecule has 2 fully saturated rings. The van der Waals surface area contributed by atoms with Crippen LogP contribution in [-0.2, 0) is 4.79 Å². The Kier molecular flexibility index (Phi) is 4.25. The van der Waals surface area contributed by atoms with Gasteiger partial charge in [0.1, 0.15) is 0 Å². The number of fused-ring (bicyclic) bond motifs is 1. The Hall–Kier alpha value is -0.660. The molecule has 5 heteroatoms. The molecule has 2 N–H and O–H groups in total. The highest BCUT2D eigenvalue weighted by molar-refractivity contribution is 14.1. The largest absolute Gasteiger partial charge is 0.324 e. The summed E-state index contributed by atoms with van der Waals surface area (Å²) in [7, 11) is 0. The first-order valence-electron chi connectivity index (χ1n) is 7.48. The van der Waals surface area contributed by atoms with Crippen LogP contribution in [0.4, 0.5) is 5.69 Å². The Labute approximate surface area is 139 Å². The third-order valence-electron chi connectivity index (χ3n) is 5.00. The molecule has 4 nitrogen and oxygen atoms in total. The van der Waals surface area contributed by atoms with Crippen molar-refractivity contribution < 1.29 is 4.79 Å². The maximum atomic E-state index is 12.4. The quantitative estimate of drug-likeness (QED) is 0.766. The molecule has 3 rings (SSSR count). The molecule has 2 aliphatic heterocycles. The topological polar surface area (TPSA) is 44.4 Å². The number of halogens is 1. The van der Waals surface area contributed by atoms with E-state index in [4.69, 9.17) is 0 Å². The average Bonchev–Trinajstić information content (AvgIpc) is 2.97. The van der Waals surface area contributed by atoms with Crippen molar-refractivity contribution in [1.82, 2.24) is 10.2 Å². The number of amides is 1. The van der Waals surface area contributed by atoms with Gasteiger partial charge < -0.3 is 10.6 Å². The van der Waals surface area contributed by atoms with Crippen molar-refractivity contribution in [2.24, 2.45) is 11.8 Å². The zero-order valence-electron chi connectivity index (χ0n) is 12.5. The van der Waals surface area contributed by atoms with Gasteiger partial charge in [0.15, 0.2) is 0 Å². The van der Waals surface area contributed by atoms with Crippen LogP contribution in [0.5, 0.6) is 0 Å². The van der Waals surface area contributed by atoms with E-state index in [1.807, 2.05) is 24.3 Å². The SMILES string of the molecule is CC1(C)C2CNCC2CN1CC(=O)Nc1ccccc1I. The van der Waals surface area contributed by atoms with Gasteiger partial charge in [-0.1, -0.05) is 12.1 Å². The number of hydrogen-bond acceptors (Lipinski definition) is 3. The van der Waals surface area contributed by atoms with Crippen molar-refractivity contribution in [3.8, 4) is 0 Å². The Bertz CT molecular complexity index is 546. The number of nitrogens with one attached hydrogen (secondary N) is 2. The maximum Gasteiger partial charge on any atom is 0.238 e. The summed E-state index contributed by atoms with van der Waals surface area (Å²) in [6, 6.07) is 7.89. The van der Waals surface area contributed by atoms with E-state index in [1.165, 1.54) is 0 Å². The highest BCUT2D eigenvalue weighted by Crippen LogP contribution is 2.40. The van der Waals surface area contributed by atoms with Crippen LogP contribution in [0.15, 0.2) is 24.3 Å². The predicted molar refractivity (Wildman–Crippen MR) is 93.3 cm³/mol. The van der Waals surface area contributed by atoms with Crippen molar-refractivity contribution in [2.45, 2.75) is 19.4 Å². The average molecular weight is 399 g/mol. The number of likely N-dealkylation sites (tertiary alicyclic amines) is 1. The summed E-state index contributed by atoms with van der Waals surface area (Å²) in [6.45, 7) is 8.19. The van der Waals surface area contributed by atoms with Crippen molar-refractivity contribution in [3.63, 3.8) is 0 Å². The van der Waals surface area contributed by atoms with Crippen LogP contribution in [-0.4, -0.2) is 42.5 Å². The third-order valence-corrected chi connectivity index (χ3v) is 5.94. The lowest BCUT2D eigenvalue weighted by molar-refractivity contribution is -0.118. The highest BCUT2D eigenvalue weighted by atomic mass is 127. The van der Waals surface area contributed by atoms with Gasteiger partial charge in [0.25, 0.3) is 0 Å². The Morgan fingerprint density at radius 3 is 2.90 bits per heavy atom.